The predicted octanol–water partition coefficient (Wildman–Crippen LogP) is 5.56. The molecule has 0 aliphatic heterocycles. The summed E-state index contributed by atoms with van der Waals surface area (Å²) in [6.07, 6.45) is 6.63. The van der Waals surface area contributed by atoms with Gasteiger partial charge in [0.2, 0.25) is 0 Å². The van der Waals surface area contributed by atoms with Crippen LogP contribution in [0.2, 0.25) is 19.6 Å². The molecule has 1 unspecified atom stereocenters. The summed E-state index contributed by atoms with van der Waals surface area (Å²) in [6.45, 7) is 6.81. The second kappa shape index (κ2) is 8.12. The summed E-state index contributed by atoms with van der Waals surface area (Å²) in [6, 6.07) is 8.36. The molecule has 0 bridgehead atoms. The van der Waals surface area contributed by atoms with Crippen LogP contribution in [0.1, 0.15) is 31.2 Å². The molecule has 2 rings (SSSR count). The lowest BCUT2D eigenvalue weighted by atomic mass is 9.99. The van der Waals surface area contributed by atoms with Gasteiger partial charge >= 0.3 is 0 Å². The molecule has 1 nitrogen and oxygen atoms in total. The monoisotopic (exact) mass is 388 g/mol. The van der Waals surface area contributed by atoms with Crippen LogP contribution in [0.25, 0.3) is 0 Å². The van der Waals surface area contributed by atoms with Gasteiger partial charge in [0.25, 0.3) is 0 Å². The second-order valence-electron chi connectivity index (χ2n) is 7.32. The van der Waals surface area contributed by atoms with E-state index in [0.29, 0.717) is 18.1 Å². The Balaban J connectivity index is 2.13. The Bertz CT molecular complexity index is 658. The van der Waals surface area contributed by atoms with Crippen molar-refractivity contribution in [1.82, 2.24) is 0 Å². The predicted molar refractivity (Wildman–Crippen MR) is 104 cm³/mol. The van der Waals surface area contributed by atoms with Crippen LogP contribution in [0, 0.1) is 17.4 Å². The molecule has 1 aliphatic rings. The molecule has 0 radical (unpaired) electrons. The van der Waals surface area contributed by atoms with Crippen molar-refractivity contribution in [3.8, 4) is 11.5 Å². The lowest BCUT2D eigenvalue weighted by Crippen LogP contribution is -2.16. The fourth-order valence-corrected chi connectivity index (χ4v) is 3.71. The van der Waals surface area contributed by atoms with E-state index >= 15 is 0 Å². The average molecular weight is 389 g/mol. The third-order valence-electron chi connectivity index (χ3n) is 3.94. The lowest BCUT2D eigenvalue weighted by Gasteiger charge is -2.09. The summed E-state index contributed by atoms with van der Waals surface area (Å²) >= 11 is 3.62. The van der Waals surface area contributed by atoms with Crippen molar-refractivity contribution in [3.05, 3.63) is 46.0 Å². The minimum atomic E-state index is -1.39. The molecule has 1 atom stereocenters. The summed E-state index contributed by atoms with van der Waals surface area (Å²) in [5.41, 5.74) is 6.01. The van der Waals surface area contributed by atoms with E-state index in [1.54, 1.807) is 0 Å². The third-order valence-corrected chi connectivity index (χ3v) is 5.59. The van der Waals surface area contributed by atoms with E-state index in [9.17, 15) is 4.79 Å². The molecule has 122 valence electrons. The molecule has 0 N–H and O–H groups in total. The van der Waals surface area contributed by atoms with Gasteiger partial charge in [-0.1, -0.05) is 65.8 Å². The minimum Gasteiger partial charge on any atom is -0.300 e. The number of allylic oxidation sites excluding steroid dienone is 2. The first-order valence-electron chi connectivity index (χ1n) is 8.32. The number of carbonyl (C=O) groups excluding carboxylic acids is 1. The van der Waals surface area contributed by atoms with Crippen molar-refractivity contribution >= 4 is 29.8 Å². The summed E-state index contributed by atoms with van der Waals surface area (Å²) in [7, 11) is -1.39. The van der Waals surface area contributed by atoms with Gasteiger partial charge in [-0.15, -0.1) is 5.54 Å². The Morgan fingerprint density at radius 2 is 2.09 bits per heavy atom. The largest absolute Gasteiger partial charge is 0.300 e. The Labute approximate surface area is 149 Å². The van der Waals surface area contributed by atoms with E-state index in [2.05, 4.69) is 71.3 Å². The van der Waals surface area contributed by atoms with Crippen molar-refractivity contribution in [2.24, 2.45) is 5.92 Å². The molecule has 1 fully saturated rings. The smallest absolute Gasteiger partial charge is 0.133 e. The molecule has 1 aliphatic carbocycles. The quantitative estimate of drug-likeness (QED) is 0.487. The zero-order valence-corrected chi connectivity index (χ0v) is 16.9. The molecule has 0 spiro atoms. The first-order valence-corrected chi connectivity index (χ1v) is 12.6. The molecule has 3 heteroatoms. The topological polar surface area (TPSA) is 17.1 Å². The van der Waals surface area contributed by atoms with Crippen molar-refractivity contribution in [2.45, 2.75) is 51.7 Å². The first-order chi connectivity index (χ1) is 10.8. The van der Waals surface area contributed by atoms with Gasteiger partial charge in [-0.05, 0) is 42.4 Å². The fourth-order valence-electron chi connectivity index (χ4n) is 2.70. The Kier molecular flexibility index (Phi) is 6.44. The number of aryl methyl sites for hydroxylation is 1. The van der Waals surface area contributed by atoms with E-state index < -0.39 is 8.07 Å². The van der Waals surface area contributed by atoms with Crippen LogP contribution in [-0.2, 0) is 11.2 Å². The van der Waals surface area contributed by atoms with E-state index in [1.165, 1.54) is 11.1 Å². The zero-order valence-electron chi connectivity index (χ0n) is 14.3. The Hall–Kier alpha value is -1.11. The Morgan fingerprint density at radius 1 is 1.35 bits per heavy atom. The average Bonchev–Trinajstić information content (AvgIpc) is 2.88. The van der Waals surface area contributed by atoms with Crippen LogP contribution in [0.15, 0.2) is 40.4 Å². The van der Waals surface area contributed by atoms with Crippen molar-refractivity contribution in [2.75, 3.05) is 0 Å². The van der Waals surface area contributed by atoms with Crippen LogP contribution >= 0.6 is 15.9 Å². The number of halogens is 1. The van der Waals surface area contributed by atoms with Crippen LogP contribution in [0.5, 0.6) is 0 Å². The highest BCUT2D eigenvalue weighted by molar-refractivity contribution is 9.10. The van der Waals surface area contributed by atoms with Gasteiger partial charge in [0.15, 0.2) is 0 Å². The van der Waals surface area contributed by atoms with E-state index in [0.717, 1.165) is 30.2 Å². The number of hydrogen-bond donors (Lipinski definition) is 0. The van der Waals surface area contributed by atoms with Crippen molar-refractivity contribution < 1.29 is 4.79 Å². The molecule has 1 aromatic carbocycles. The van der Waals surface area contributed by atoms with Gasteiger partial charge in [0.05, 0.1) is 0 Å². The number of ketones is 1. The molecule has 0 aromatic heterocycles. The molecule has 1 saturated carbocycles. The summed E-state index contributed by atoms with van der Waals surface area (Å²) in [5, 5.41) is 0. The summed E-state index contributed by atoms with van der Waals surface area (Å²) in [5.74, 6) is 4.23. The van der Waals surface area contributed by atoms with Crippen molar-refractivity contribution in [3.63, 3.8) is 0 Å². The maximum atomic E-state index is 11.5. The molecule has 1 aromatic rings. The molecule has 0 heterocycles. The van der Waals surface area contributed by atoms with Crippen LogP contribution < -0.4 is 0 Å². The number of hydrogen-bond acceptors (Lipinski definition) is 1. The standard InChI is InChI=1S/C20H25BrOSi/c1-23(2,3)13-12-16(14-17-9-11-19(22)15-17)8-10-18-6-4-5-7-20(18)21/h4-7,14,17H,8-11,15H2,1-3H3/b16-14-. The van der Waals surface area contributed by atoms with Crippen LogP contribution in [0.3, 0.4) is 0 Å². The number of Topliss-reactive ketones (excluding diaryl/α,β-unsaturated/α-hetero) is 1. The molecular weight excluding hydrogens is 364 g/mol. The van der Waals surface area contributed by atoms with Gasteiger partial charge in [-0.2, -0.15) is 0 Å². The normalized spacial score (nSPS) is 18.7. The minimum absolute atomic E-state index is 0.396. The highest BCUT2D eigenvalue weighted by atomic mass is 79.9. The summed E-state index contributed by atoms with van der Waals surface area (Å²) in [4.78, 5) is 11.5. The highest BCUT2D eigenvalue weighted by Gasteiger charge is 2.20. The molecular formula is C20H25BrOSi. The van der Waals surface area contributed by atoms with Crippen LogP contribution in [0.4, 0.5) is 0 Å². The lowest BCUT2D eigenvalue weighted by molar-refractivity contribution is -0.117. The summed E-state index contributed by atoms with van der Waals surface area (Å²) < 4.78 is 1.16. The van der Waals surface area contributed by atoms with Gasteiger partial charge in [0, 0.05) is 17.3 Å². The highest BCUT2D eigenvalue weighted by Crippen LogP contribution is 2.26. The number of carbonyl (C=O) groups is 1. The number of rotatable bonds is 4. The van der Waals surface area contributed by atoms with E-state index in [-0.39, 0.29) is 0 Å². The maximum Gasteiger partial charge on any atom is 0.133 e. The maximum absolute atomic E-state index is 11.5. The van der Waals surface area contributed by atoms with Crippen molar-refractivity contribution in [1.29, 1.82) is 0 Å². The fraction of sp³-hybridized carbons (Fsp3) is 0.450. The van der Waals surface area contributed by atoms with Gasteiger partial charge in [0.1, 0.15) is 13.9 Å². The van der Waals surface area contributed by atoms with Gasteiger partial charge in [-0.3, -0.25) is 4.79 Å². The van der Waals surface area contributed by atoms with Gasteiger partial charge in [-0.25, -0.2) is 0 Å². The van der Waals surface area contributed by atoms with E-state index in [4.69, 9.17) is 0 Å². The third kappa shape index (κ3) is 6.49. The molecule has 0 saturated heterocycles. The van der Waals surface area contributed by atoms with Gasteiger partial charge < -0.3 is 0 Å². The first kappa shape index (κ1) is 18.2. The second-order valence-corrected chi connectivity index (χ2v) is 12.9. The van der Waals surface area contributed by atoms with Crippen LogP contribution in [-0.4, -0.2) is 13.9 Å². The zero-order chi connectivity index (χ0) is 16.9. The number of benzene rings is 1. The Morgan fingerprint density at radius 3 is 2.70 bits per heavy atom. The molecule has 23 heavy (non-hydrogen) atoms. The van der Waals surface area contributed by atoms with E-state index in [1.807, 2.05) is 6.07 Å². The molecule has 0 amide bonds. The SMILES string of the molecule is C[Si](C)(C)C#C/C(=C\C1CCC(=O)C1)CCc1ccccc1Br.